The maximum Gasteiger partial charge on any atom is 0.246 e. The summed E-state index contributed by atoms with van der Waals surface area (Å²) in [5.74, 6) is 5.49. The number of rotatable bonds is 5. The summed E-state index contributed by atoms with van der Waals surface area (Å²) < 4.78 is 32.1. The summed E-state index contributed by atoms with van der Waals surface area (Å²) >= 11 is 0. The van der Waals surface area contributed by atoms with Crippen molar-refractivity contribution in [3.8, 4) is 0 Å². The van der Waals surface area contributed by atoms with E-state index in [0.29, 0.717) is 32.5 Å². The number of nitrogens with zero attached hydrogens (tertiary/aromatic N) is 2. The van der Waals surface area contributed by atoms with Crippen LogP contribution >= 0.6 is 0 Å². The highest BCUT2D eigenvalue weighted by atomic mass is 32.2. The van der Waals surface area contributed by atoms with Gasteiger partial charge in [0, 0.05) is 25.9 Å². The maximum absolute atomic E-state index is 12.6. The molecule has 8 heteroatoms. The van der Waals surface area contributed by atoms with Crippen LogP contribution in [0.3, 0.4) is 0 Å². The molecule has 0 saturated carbocycles. The molecule has 0 radical (unpaired) electrons. The molecule has 0 unspecified atom stereocenters. The third-order valence-corrected chi connectivity index (χ3v) is 5.26. The van der Waals surface area contributed by atoms with Gasteiger partial charge in [0.1, 0.15) is 4.90 Å². The Morgan fingerprint density at radius 1 is 1.50 bits per heavy atom. The van der Waals surface area contributed by atoms with E-state index in [-0.39, 0.29) is 16.8 Å². The highest BCUT2D eigenvalue weighted by Gasteiger charge is 2.31. The Morgan fingerprint density at radius 2 is 2.20 bits per heavy atom. The molecule has 112 valence electrons. The Bertz CT molecular complexity index is 541. The quantitative estimate of drug-likeness (QED) is 0.609. The first-order valence-electron chi connectivity index (χ1n) is 6.63. The van der Waals surface area contributed by atoms with E-state index in [4.69, 9.17) is 10.6 Å². The van der Waals surface area contributed by atoms with E-state index in [1.807, 2.05) is 6.92 Å². The minimum absolute atomic E-state index is 0.109. The number of piperidine rings is 1. The van der Waals surface area contributed by atoms with Crippen molar-refractivity contribution in [1.82, 2.24) is 9.29 Å². The van der Waals surface area contributed by atoms with Crippen LogP contribution in [0.15, 0.2) is 23.2 Å². The Hall–Kier alpha value is -1.22. The van der Waals surface area contributed by atoms with Gasteiger partial charge in [0.05, 0.1) is 6.10 Å². The SMILES string of the molecule is CCOC1CCN(S(=O)(=O)c2cccnc2NN)CC1. The van der Waals surface area contributed by atoms with Crippen molar-refractivity contribution in [1.29, 1.82) is 0 Å². The average Bonchev–Trinajstić information content (AvgIpc) is 2.48. The first kappa shape index (κ1) is 15.2. The second-order valence-electron chi connectivity index (χ2n) is 4.55. The van der Waals surface area contributed by atoms with Crippen molar-refractivity contribution in [2.75, 3.05) is 25.1 Å². The molecule has 0 amide bonds. The van der Waals surface area contributed by atoms with Crippen LogP contribution in [-0.2, 0) is 14.8 Å². The fourth-order valence-corrected chi connectivity index (χ4v) is 3.90. The highest BCUT2D eigenvalue weighted by Crippen LogP contribution is 2.25. The third kappa shape index (κ3) is 3.09. The first-order valence-corrected chi connectivity index (χ1v) is 8.07. The molecule has 1 aliphatic rings. The van der Waals surface area contributed by atoms with Gasteiger partial charge in [-0.2, -0.15) is 4.31 Å². The molecule has 3 N–H and O–H groups in total. The molecule has 1 fully saturated rings. The lowest BCUT2D eigenvalue weighted by molar-refractivity contribution is 0.0290. The summed E-state index contributed by atoms with van der Waals surface area (Å²) in [6.07, 6.45) is 3.06. The first-order chi connectivity index (χ1) is 9.59. The zero-order valence-electron chi connectivity index (χ0n) is 11.4. The van der Waals surface area contributed by atoms with Gasteiger partial charge in [0.25, 0.3) is 0 Å². The van der Waals surface area contributed by atoms with E-state index < -0.39 is 10.0 Å². The lowest BCUT2D eigenvalue weighted by Crippen LogP contribution is -2.41. The van der Waals surface area contributed by atoms with Gasteiger partial charge >= 0.3 is 0 Å². The number of anilines is 1. The number of pyridine rings is 1. The number of ether oxygens (including phenoxy) is 1. The second kappa shape index (κ2) is 6.49. The van der Waals surface area contributed by atoms with Gasteiger partial charge in [-0.3, -0.25) is 0 Å². The summed E-state index contributed by atoms with van der Waals surface area (Å²) in [6.45, 7) is 3.50. The van der Waals surface area contributed by atoms with E-state index in [0.717, 1.165) is 0 Å². The Balaban J connectivity index is 2.16. The molecule has 2 rings (SSSR count). The predicted octanol–water partition coefficient (Wildman–Crippen LogP) is 0.557. The molecule has 0 atom stereocenters. The smallest absolute Gasteiger partial charge is 0.246 e. The molecule has 0 spiro atoms. The zero-order chi connectivity index (χ0) is 14.6. The monoisotopic (exact) mass is 300 g/mol. The van der Waals surface area contributed by atoms with Gasteiger partial charge in [-0.1, -0.05) is 0 Å². The fourth-order valence-electron chi connectivity index (χ4n) is 2.32. The molecule has 0 bridgehead atoms. The van der Waals surface area contributed by atoms with Crippen LogP contribution in [0, 0.1) is 0 Å². The molecule has 1 aromatic heterocycles. The molecule has 1 aromatic rings. The minimum atomic E-state index is -3.57. The summed E-state index contributed by atoms with van der Waals surface area (Å²) in [7, 11) is -3.57. The van der Waals surface area contributed by atoms with Crippen LogP contribution < -0.4 is 11.3 Å². The van der Waals surface area contributed by atoms with Crippen LogP contribution in [-0.4, -0.2) is 43.5 Å². The maximum atomic E-state index is 12.6. The molecule has 1 aliphatic heterocycles. The minimum Gasteiger partial charge on any atom is -0.378 e. The van der Waals surface area contributed by atoms with E-state index in [1.165, 1.54) is 16.6 Å². The Morgan fingerprint density at radius 3 is 2.80 bits per heavy atom. The fraction of sp³-hybridized carbons (Fsp3) is 0.583. The van der Waals surface area contributed by atoms with Crippen molar-refractivity contribution in [3.05, 3.63) is 18.3 Å². The number of sulfonamides is 1. The number of hydrogen-bond donors (Lipinski definition) is 2. The van der Waals surface area contributed by atoms with Gasteiger partial charge in [-0.15, -0.1) is 0 Å². The summed E-state index contributed by atoms with van der Waals surface area (Å²) in [6, 6.07) is 3.09. The van der Waals surface area contributed by atoms with Gasteiger partial charge in [-0.25, -0.2) is 19.2 Å². The summed E-state index contributed by atoms with van der Waals surface area (Å²) in [5.41, 5.74) is 2.33. The molecular formula is C12H20N4O3S. The molecule has 20 heavy (non-hydrogen) atoms. The van der Waals surface area contributed by atoms with Crippen LogP contribution in [0.4, 0.5) is 5.82 Å². The van der Waals surface area contributed by atoms with Gasteiger partial charge < -0.3 is 10.2 Å². The summed E-state index contributed by atoms with van der Waals surface area (Å²) in [4.78, 5) is 4.04. The zero-order valence-corrected chi connectivity index (χ0v) is 12.3. The number of hydrazine groups is 1. The van der Waals surface area contributed by atoms with Gasteiger partial charge in [0.2, 0.25) is 10.0 Å². The molecule has 0 aromatic carbocycles. The van der Waals surface area contributed by atoms with E-state index >= 15 is 0 Å². The number of nitrogens with one attached hydrogen (secondary N) is 1. The standard InChI is InChI=1S/C12H20N4O3S/c1-2-19-10-5-8-16(9-6-10)20(17,18)11-4-3-7-14-12(11)15-13/h3-4,7,10H,2,5-6,8-9,13H2,1H3,(H,14,15). The van der Waals surface area contributed by atoms with Crippen molar-refractivity contribution in [2.45, 2.75) is 30.8 Å². The lowest BCUT2D eigenvalue weighted by atomic mass is 10.1. The second-order valence-corrected chi connectivity index (χ2v) is 6.46. The molecule has 2 heterocycles. The average molecular weight is 300 g/mol. The van der Waals surface area contributed by atoms with Crippen molar-refractivity contribution in [3.63, 3.8) is 0 Å². The largest absolute Gasteiger partial charge is 0.378 e. The van der Waals surface area contributed by atoms with Crippen molar-refractivity contribution in [2.24, 2.45) is 5.84 Å². The molecule has 1 saturated heterocycles. The van der Waals surface area contributed by atoms with Crippen LogP contribution in [0.2, 0.25) is 0 Å². The van der Waals surface area contributed by atoms with Gasteiger partial charge in [0.15, 0.2) is 5.82 Å². The lowest BCUT2D eigenvalue weighted by Gasteiger charge is -2.31. The number of nitrogens with two attached hydrogens (primary N) is 1. The normalized spacial score (nSPS) is 18.1. The van der Waals surface area contributed by atoms with Crippen LogP contribution in [0.25, 0.3) is 0 Å². The molecule has 7 nitrogen and oxygen atoms in total. The third-order valence-electron chi connectivity index (χ3n) is 3.33. The molecule has 0 aliphatic carbocycles. The molecular weight excluding hydrogens is 280 g/mol. The van der Waals surface area contributed by atoms with Crippen LogP contribution in [0.5, 0.6) is 0 Å². The number of nitrogen functional groups attached to an aromatic ring is 1. The summed E-state index contributed by atoms with van der Waals surface area (Å²) in [5, 5.41) is 0. The van der Waals surface area contributed by atoms with Gasteiger partial charge in [-0.05, 0) is 31.9 Å². The van der Waals surface area contributed by atoms with E-state index in [1.54, 1.807) is 6.07 Å². The number of hydrogen-bond acceptors (Lipinski definition) is 6. The van der Waals surface area contributed by atoms with Crippen LogP contribution in [0.1, 0.15) is 19.8 Å². The number of aromatic nitrogens is 1. The predicted molar refractivity (Wildman–Crippen MR) is 75.5 cm³/mol. The Labute approximate surface area is 119 Å². The van der Waals surface area contributed by atoms with E-state index in [9.17, 15) is 8.42 Å². The van der Waals surface area contributed by atoms with E-state index in [2.05, 4.69) is 10.4 Å². The van der Waals surface area contributed by atoms with Crippen molar-refractivity contribution >= 4 is 15.8 Å². The topological polar surface area (TPSA) is 97.5 Å². The Kier molecular flexibility index (Phi) is 4.92. The van der Waals surface area contributed by atoms with Crippen molar-refractivity contribution < 1.29 is 13.2 Å². The highest BCUT2D eigenvalue weighted by molar-refractivity contribution is 7.89.